The van der Waals surface area contributed by atoms with Gasteiger partial charge >= 0.3 is 0 Å². The molecule has 0 atom stereocenters. The molecule has 0 fully saturated rings. The van der Waals surface area contributed by atoms with Crippen LogP contribution < -0.4 is 0 Å². The molecule has 4 nitrogen and oxygen atoms in total. The first kappa shape index (κ1) is 13.5. The lowest BCUT2D eigenvalue weighted by Crippen LogP contribution is -2.05. The second kappa shape index (κ2) is 6.29. The zero-order chi connectivity index (χ0) is 13.7. The minimum Gasteiger partial charge on any atom is -0.385 e. The van der Waals surface area contributed by atoms with Crippen molar-refractivity contribution < 1.29 is 9.53 Å². The lowest BCUT2D eigenvalue weighted by atomic mass is 10.2. The number of hydrogen-bond donors (Lipinski definition) is 0. The normalized spacial score (nSPS) is 10.6. The van der Waals surface area contributed by atoms with Crippen molar-refractivity contribution in [2.75, 3.05) is 13.7 Å². The molecule has 19 heavy (non-hydrogen) atoms. The predicted octanol–water partition coefficient (Wildman–Crippen LogP) is 2.71. The van der Waals surface area contributed by atoms with E-state index in [2.05, 4.69) is 9.55 Å². The second-order valence-electron chi connectivity index (χ2n) is 4.43. The number of aldehydes is 1. The lowest BCUT2D eigenvalue weighted by Gasteiger charge is -2.11. The van der Waals surface area contributed by atoms with Gasteiger partial charge in [-0.2, -0.15) is 0 Å². The Hall–Kier alpha value is -1.94. The van der Waals surface area contributed by atoms with Crippen LogP contribution in [0.15, 0.2) is 30.6 Å². The highest BCUT2D eigenvalue weighted by Crippen LogP contribution is 2.24. The fourth-order valence-electron chi connectivity index (χ4n) is 2.19. The number of aromatic nitrogens is 2. The molecule has 0 bridgehead atoms. The first-order chi connectivity index (χ1) is 9.27. The van der Waals surface area contributed by atoms with Crippen LogP contribution in [-0.2, 0) is 11.3 Å². The number of hydrogen-bond acceptors (Lipinski definition) is 3. The maximum Gasteiger partial charge on any atom is 0.151 e. The fraction of sp³-hybridized carbons (Fsp3) is 0.333. The summed E-state index contributed by atoms with van der Waals surface area (Å²) in [6.45, 7) is 3.51. The second-order valence-corrected chi connectivity index (χ2v) is 4.43. The van der Waals surface area contributed by atoms with E-state index >= 15 is 0 Å². The summed E-state index contributed by atoms with van der Waals surface area (Å²) in [5.74, 6) is 0. The third-order valence-electron chi connectivity index (χ3n) is 3.22. The van der Waals surface area contributed by atoms with Crippen molar-refractivity contribution in [2.24, 2.45) is 0 Å². The van der Waals surface area contributed by atoms with Gasteiger partial charge < -0.3 is 9.30 Å². The average molecular weight is 258 g/mol. The first-order valence-electron chi connectivity index (χ1n) is 6.32. The number of pyridine rings is 1. The van der Waals surface area contributed by atoms with E-state index in [1.807, 2.05) is 31.3 Å². The molecule has 4 heteroatoms. The van der Waals surface area contributed by atoms with E-state index < -0.39 is 0 Å². The van der Waals surface area contributed by atoms with Crippen molar-refractivity contribution in [3.05, 3.63) is 41.9 Å². The van der Waals surface area contributed by atoms with Crippen LogP contribution in [0.25, 0.3) is 11.3 Å². The van der Waals surface area contributed by atoms with Gasteiger partial charge in [0.05, 0.1) is 5.69 Å². The predicted molar refractivity (Wildman–Crippen MR) is 74.3 cm³/mol. The Kier molecular flexibility index (Phi) is 4.47. The van der Waals surface area contributed by atoms with Crippen LogP contribution in [0.5, 0.6) is 0 Å². The molecule has 0 radical (unpaired) electrons. The van der Waals surface area contributed by atoms with Gasteiger partial charge in [0.25, 0.3) is 0 Å². The van der Waals surface area contributed by atoms with Gasteiger partial charge in [-0.15, -0.1) is 0 Å². The fourth-order valence-corrected chi connectivity index (χ4v) is 2.19. The molecule has 0 N–H and O–H groups in total. The minimum absolute atomic E-state index is 0.709. The highest BCUT2D eigenvalue weighted by atomic mass is 16.5. The molecular weight excluding hydrogens is 240 g/mol. The highest BCUT2D eigenvalue weighted by Gasteiger charge is 2.12. The summed E-state index contributed by atoms with van der Waals surface area (Å²) in [5, 5.41) is 0. The molecule has 0 aliphatic heterocycles. The van der Waals surface area contributed by atoms with Crippen LogP contribution in [0, 0.1) is 6.92 Å². The van der Waals surface area contributed by atoms with Gasteiger partial charge in [-0.3, -0.25) is 9.78 Å². The summed E-state index contributed by atoms with van der Waals surface area (Å²) in [4.78, 5) is 15.2. The third kappa shape index (κ3) is 2.90. The van der Waals surface area contributed by atoms with E-state index in [0.29, 0.717) is 6.61 Å². The first-order valence-corrected chi connectivity index (χ1v) is 6.32. The van der Waals surface area contributed by atoms with Gasteiger partial charge in [0, 0.05) is 49.5 Å². The van der Waals surface area contributed by atoms with Crippen LogP contribution in [0.3, 0.4) is 0 Å². The molecule has 0 aliphatic rings. The molecule has 0 saturated heterocycles. The van der Waals surface area contributed by atoms with Gasteiger partial charge in [0.15, 0.2) is 6.29 Å². The van der Waals surface area contributed by atoms with Crippen molar-refractivity contribution in [3.63, 3.8) is 0 Å². The maximum atomic E-state index is 11.1. The number of rotatable bonds is 6. The molecule has 0 saturated carbocycles. The minimum atomic E-state index is 0.709. The number of carbonyl (C=O) groups is 1. The zero-order valence-electron chi connectivity index (χ0n) is 11.3. The van der Waals surface area contributed by atoms with E-state index in [9.17, 15) is 4.79 Å². The molecule has 0 spiro atoms. The van der Waals surface area contributed by atoms with Gasteiger partial charge in [-0.05, 0) is 31.5 Å². The van der Waals surface area contributed by atoms with Gasteiger partial charge in [0.1, 0.15) is 0 Å². The Labute approximate surface area is 113 Å². The van der Waals surface area contributed by atoms with Crippen LogP contribution in [0.4, 0.5) is 0 Å². The van der Waals surface area contributed by atoms with E-state index in [1.165, 1.54) is 0 Å². The number of ether oxygens (including phenoxy) is 1. The molecule has 0 aromatic carbocycles. The summed E-state index contributed by atoms with van der Waals surface area (Å²) in [7, 11) is 1.70. The maximum absolute atomic E-state index is 11.1. The van der Waals surface area contributed by atoms with Gasteiger partial charge in [0.2, 0.25) is 0 Å². The average Bonchev–Trinajstić information content (AvgIpc) is 2.77. The Bertz CT molecular complexity index is 547. The van der Waals surface area contributed by atoms with Crippen LogP contribution in [0.2, 0.25) is 0 Å². The molecule has 2 rings (SSSR count). The molecule has 0 amide bonds. The SMILES string of the molecule is COCCCn1c(-c2cccnc2)cc(C=O)c1C. The van der Waals surface area contributed by atoms with E-state index in [-0.39, 0.29) is 0 Å². The van der Waals surface area contributed by atoms with Crippen molar-refractivity contribution >= 4 is 6.29 Å². The van der Waals surface area contributed by atoms with E-state index in [1.54, 1.807) is 13.3 Å². The largest absolute Gasteiger partial charge is 0.385 e. The summed E-state index contributed by atoms with van der Waals surface area (Å²) >= 11 is 0. The summed E-state index contributed by atoms with van der Waals surface area (Å²) in [6, 6.07) is 5.83. The standard InChI is InChI=1S/C15H18N2O2/c1-12-14(11-18)9-15(13-5-3-6-16-10-13)17(12)7-4-8-19-2/h3,5-6,9-11H,4,7-8H2,1-2H3. The van der Waals surface area contributed by atoms with Crippen molar-refractivity contribution in [1.29, 1.82) is 0 Å². The molecule has 100 valence electrons. The van der Waals surface area contributed by atoms with Crippen LogP contribution in [0.1, 0.15) is 22.5 Å². The number of carbonyl (C=O) groups excluding carboxylic acids is 1. The topological polar surface area (TPSA) is 44.1 Å². The van der Waals surface area contributed by atoms with Crippen LogP contribution >= 0.6 is 0 Å². The highest BCUT2D eigenvalue weighted by molar-refractivity contribution is 5.80. The molecule has 0 aliphatic carbocycles. The van der Waals surface area contributed by atoms with E-state index in [4.69, 9.17) is 4.74 Å². The monoisotopic (exact) mass is 258 g/mol. The van der Waals surface area contributed by atoms with Crippen LogP contribution in [-0.4, -0.2) is 29.6 Å². The number of methoxy groups -OCH3 is 1. The molecule has 2 aromatic rings. The molecule has 2 aromatic heterocycles. The smallest absolute Gasteiger partial charge is 0.151 e. The van der Waals surface area contributed by atoms with Crippen molar-refractivity contribution in [1.82, 2.24) is 9.55 Å². The number of nitrogens with zero attached hydrogens (tertiary/aromatic N) is 2. The van der Waals surface area contributed by atoms with Crippen molar-refractivity contribution in [2.45, 2.75) is 19.9 Å². The lowest BCUT2D eigenvalue weighted by molar-refractivity contribution is 0.112. The Morgan fingerprint density at radius 1 is 1.47 bits per heavy atom. The van der Waals surface area contributed by atoms with Crippen molar-refractivity contribution in [3.8, 4) is 11.3 Å². The van der Waals surface area contributed by atoms with Gasteiger partial charge in [-0.1, -0.05) is 0 Å². The molecule has 0 unspecified atom stereocenters. The Balaban J connectivity index is 2.38. The quantitative estimate of drug-likeness (QED) is 0.591. The zero-order valence-corrected chi connectivity index (χ0v) is 11.3. The molecular formula is C15H18N2O2. The summed E-state index contributed by atoms with van der Waals surface area (Å²) in [5.41, 5.74) is 3.78. The summed E-state index contributed by atoms with van der Waals surface area (Å²) < 4.78 is 7.24. The molecule has 2 heterocycles. The van der Waals surface area contributed by atoms with E-state index in [0.717, 1.165) is 41.8 Å². The summed E-state index contributed by atoms with van der Waals surface area (Å²) in [6.07, 6.45) is 5.38. The third-order valence-corrected chi connectivity index (χ3v) is 3.22. The Morgan fingerprint density at radius 2 is 2.32 bits per heavy atom. The Morgan fingerprint density at radius 3 is 2.95 bits per heavy atom. The van der Waals surface area contributed by atoms with Gasteiger partial charge in [-0.25, -0.2) is 0 Å².